The van der Waals surface area contributed by atoms with Crippen molar-refractivity contribution in [2.24, 2.45) is 0 Å². The molecule has 0 radical (unpaired) electrons. The van der Waals surface area contributed by atoms with Gasteiger partial charge in [-0.05, 0) is 23.8 Å². The van der Waals surface area contributed by atoms with Gasteiger partial charge in [0, 0.05) is 32.3 Å². The summed E-state index contributed by atoms with van der Waals surface area (Å²) >= 11 is 0. The summed E-state index contributed by atoms with van der Waals surface area (Å²) in [6.45, 7) is 1.42. The van der Waals surface area contributed by atoms with E-state index in [2.05, 4.69) is 10.6 Å². The van der Waals surface area contributed by atoms with Crippen molar-refractivity contribution in [2.75, 3.05) is 19.4 Å². The minimum Gasteiger partial charge on any atom is -0.349 e. The summed E-state index contributed by atoms with van der Waals surface area (Å²) in [6, 6.07) is 15.7. The van der Waals surface area contributed by atoms with Crippen LogP contribution in [0, 0.1) is 0 Å². The van der Waals surface area contributed by atoms with Crippen molar-refractivity contribution in [1.29, 1.82) is 0 Å². The maximum atomic E-state index is 12.4. The van der Waals surface area contributed by atoms with Gasteiger partial charge in [0.2, 0.25) is 11.8 Å². The van der Waals surface area contributed by atoms with E-state index in [1.165, 1.54) is 11.8 Å². The molecule has 0 spiro atoms. The number of nitrogens with zero attached hydrogens (tertiary/aromatic N) is 1. The highest BCUT2D eigenvalue weighted by Crippen LogP contribution is 2.18. The van der Waals surface area contributed by atoms with Crippen LogP contribution >= 0.6 is 0 Å². The van der Waals surface area contributed by atoms with Gasteiger partial charge < -0.3 is 15.5 Å². The standard InChI is InChI=1S/C20H23N3O3/c1-14(24)21-18(15-8-5-4-6-9-15)13-19(25)22-17-11-7-10-16(12-17)20(26)23(2)3/h4-12,18H,13H2,1-3H3,(H,21,24)(H,22,25). The van der Waals surface area contributed by atoms with Crippen molar-refractivity contribution in [3.8, 4) is 0 Å². The normalized spacial score (nSPS) is 11.3. The van der Waals surface area contributed by atoms with E-state index < -0.39 is 6.04 Å². The highest BCUT2D eigenvalue weighted by molar-refractivity contribution is 5.97. The quantitative estimate of drug-likeness (QED) is 0.838. The molecule has 6 heteroatoms. The number of amides is 3. The number of rotatable bonds is 6. The topological polar surface area (TPSA) is 78.5 Å². The van der Waals surface area contributed by atoms with Crippen molar-refractivity contribution in [3.05, 3.63) is 65.7 Å². The van der Waals surface area contributed by atoms with Gasteiger partial charge in [0.05, 0.1) is 12.5 Å². The van der Waals surface area contributed by atoms with Gasteiger partial charge in [-0.3, -0.25) is 14.4 Å². The molecule has 0 aliphatic rings. The van der Waals surface area contributed by atoms with Crippen molar-refractivity contribution in [2.45, 2.75) is 19.4 Å². The molecule has 0 aliphatic carbocycles. The van der Waals surface area contributed by atoms with Crippen molar-refractivity contribution in [3.63, 3.8) is 0 Å². The second kappa shape index (κ2) is 8.80. The van der Waals surface area contributed by atoms with Gasteiger partial charge >= 0.3 is 0 Å². The molecule has 6 nitrogen and oxygen atoms in total. The van der Waals surface area contributed by atoms with Gasteiger partial charge in [0.15, 0.2) is 0 Å². The Morgan fingerprint density at radius 1 is 1.00 bits per heavy atom. The number of benzene rings is 2. The number of hydrogen-bond acceptors (Lipinski definition) is 3. The maximum Gasteiger partial charge on any atom is 0.253 e. The number of carbonyl (C=O) groups excluding carboxylic acids is 3. The van der Waals surface area contributed by atoms with Crippen LogP contribution in [0.2, 0.25) is 0 Å². The lowest BCUT2D eigenvalue weighted by atomic mass is 10.0. The second-order valence-corrected chi connectivity index (χ2v) is 6.20. The summed E-state index contributed by atoms with van der Waals surface area (Å²) in [5.41, 5.74) is 1.89. The molecule has 0 saturated carbocycles. The molecule has 0 bridgehead atoms. The van der Waals surface area contributed by atoms with E-state index in [-0.39, 0.29) is 24.1 Å². The van der Waals surface area contributed by atoms with Crippen LogP contribution in [0.5, 0.6) is 0 Å². The first-order valence-electron chi connectivity index (χ1n) is 8.30. The van der Waals surface area contributed by atoms with Crippen LogP contribution in [-0.2, 0) is 9.59 Å². The Balaban J connectivity index is 2.10. The minimum absolute atomic E-state index is 0.0927. The number of anilines is 1. The first-order valence-corrected chi connectivity index (χ1v) is 8.30. The van der Waals surface area contributed by atoms with Crippen LogP contribution < -0.4 is 10.6 Å². The predicted octanol–water partition coefficient (Wildman–Crippen LogP) is 2.59. The molecule has 0 saturated heterocycles. The minimum atomic E-state index is -0.416. The zero-order valence-corrected chi connectivity index (χ0v) is 15.2. The van der Waals surface area contributed by atoms with E-state index in [1.54, 1.807) is 38.4 Å². The zero-order valence-electron chi connectivity index (χ0n) is 15.2. The molecule has 26 heavy (non-hydrogen) atoms. The Labute approximate surface area is 153 Å². The van der Waals surface area contributed by atoms with Crippen molar-refractivity contribution >= 4 is 23.4 Å². The fraction of sp³-hybridized carbons (Fsp3) is 0.250. The van der Waals surface area contributed by atoms with E-state index in [0.29, 0.717) is 11.3 Å². The van der Waals surface area contributed by atoms with Crippen LogP contribution in [-0.4, -0.2) is 36.7 Å². The maximum absolute atomic E-state index is 12.4. The van der Waals surface area contributed by atoms with Gasteiger partial charge in [0.25, 0.3) is 5.91 Å². The lowest BCUT2D eigenvalue weighted by molar-refractivity contribution is -0.120. The summed E-state index contributed by atoms with van der Waals surface area (Å²) in [5, 5.41) is 5.59. The molecule has 3 amide bonds. The molecule has 2 rings (SSSR count). The Morgan fingerprint density at radius 3 is 2.31 bits per heavy atom. The summed E-state index contributed by atoms with van der Waals surface area (Å²) in [6.07, 6.45) is 0.0927. The number of nitrogens with one attached hydrogen (secondary N) is 2. The predicted molar refractivity (Wildman–Crippen MR) is 101 cm³/mol. The Morgan fingerprint density at radius 2 is 1.69 bits per heavy atom. The summed E-state index contributed by atoms with van der Waals surface area (Å²) < 4.78 is 0. The van der Waals surface area contributed by atoms with E-state index >= 15 is 0 Å². The fourth-order valence-corrected chi connectivity index (χ4v) is 2.57. The van der Waals surface area contributed by atoms with Crippen LogP contribution in [0.15, 0.2) is 54.6 Å². The average Bonchev–Trinajstić information content (AvgIpc) is 2.61. The molecule has 0 fully saturated rings. The van der Waals surface area contributed by atoms with Crippen molar-refractivity contribution < 1.29 is 14.4 Å². The van der Waals surface area contributed by atoms with Gasteiger partial charge in [-0.25, -0.2) is 0 Å². The van der Waals surface area contributed by atoms with E-state index in [0.717, 1.165) is 5.56 Å². The summed E-state index contributed by atoms with van der Waals surface area (Å²) in [5.74, 6) is -0.589. The van der Waals surface area contributed by atoms with Gasteiger partial charge in [-0.1, -0.05) is 36.4 Å². The largest absolute Gasteiger partial charge is 0.349 e. The molecule has 2 aromatic rings. The second-order valence-electron chi connectivity index (χ2n) is 6.20. The smallest absolute Gasteiger partial charge is 0.253 e. The molecular formula is C20H23N3O3. The Hall–Kier alpha value is -3.15. The van der Waals surface area contributed by atoms with Crippen LogP contribution in [0.25, 0.3) is 0 Å². The van der Waals surface area contributed by atoms with E-state index in [9.17, 15) is 14.4 Å². The van der Waals surface area contributed by atoms with Crippen LogP contribution in [0.3, 0.4) is 0 Å². The SMILES string of the molecule is CC(=O)NC(CC(=O)Nc1cccc(C(=O)N(C)C)c1)c1ccccc1. The molecule has 2 N–H and O–H groups in total. The lowest BCUT2D eigenvalue weighted by Gasteiger charge is -2.18. The van der Waals surface area contributed by atoms with Gasteiger partial charge in [-0.2, -0.15) is 0 Å². The molecule has 0 heterocycles. The molecule has 0 aromatic heterocycles. The molecule has 1 atom stereocenters. The third-order valence-electron chi connectivity index (χ3n) is 3.77. The van der Waals surface area contributed by atoms with Gasteiger partial charge in [0.1, 0.15) is 0 Å². The third kappa shape index (κ3) is 5.44. The first-order chi connectivity index (χ1) is 12.4. The molecule has 136 valence electrons. The van der Waals surface area contributed by atoms with Crippen LogP contribution in [0.4, 0.5) is 5.69 Å². The molecular weight excluding hydrogens is 330 g/mol. The number of hydrogen-bond donors (Lipinski definition) is 2. The van der Waals surface area contributed by atoms with Crippen molar-refractivity contribution in [1.82, 2.24) is 10.2 Å². The summed E-state index contributed by atoms with van der Waals surface area (Å²) in [4.78, 5) is 37.4. The van der Waals surface area contributed by atoms with E-state index in [1.807, 2.05) is 30.3 Å². The molecule has 0 aliphatic heterocycles. The highest BCUT2D eigenvalue weighted by atomic mass is 16.2. The van der Waals surface area contributed by atoms with Crippen LogP contribution in [0.1, 0.15) is 35.3 Å². The summed E-state index contributed by atoms with van der Waals surface area (Å²) in [7, 11) is 3.34. The third-order valence-corrected chi connectivity index (χ3v) is 3.77. The highest BCUT2D eigenvalue weighted by Gasteiger charge is 2.17. The lowest BCUT2D eigenvalue weighted by Crippen LogP contribution is -2.29. The average molecular weight is 353 g/mol. The molecule has 2 aromatic carbocycles. The van der Waals surface area contributed by atoms with E-state index in [4.69, 9.17) is 0 Å². The molecule has 1 unspecified atom stereocenters. The van der Waals surface area contributed by atoms with Gasteiger partial charge in [-0.15, -0.1) is 0 Å². The number of carbonyl (C=O) groups is 3. The fourth-order valence-electron chi connectivity index (χ4n) is 2.57. The Bertz CT molecular complexity index is 788. The zero-order chi connectivity index (χ0) is 19.1. The first kappa shape index (κ1) is 19.2. The monoisotopic (exact) mass is 353 g/mol. The Kier molecular flexibility index (Phi) is 6.49.